The zero-order chi connectivity index (χ0) is 17.2. The Morgan fingerprint density at radius 3 is 3.04 bits per heavy atom. The van der Waals surface area contributed by atoms with Gasteiger partial charge in [0.1, 0.15) is 12.4 Å². The number of aryl methyl sites for hydroxylation is 1. The molecule has 130 valence electrons. The van der Waals surface area contributed by atoms with Crippen LogP contribution in [0, 0.1) is 0 Å². The number of rotatable bonds is 4. The maximum atomic E-state index is 13.0. The van der Waals surface area contributed by atoms with E-state index in [1.807, 2.05) is 34.0 Å². The number of likely N-dealkylation sites (tertiary alicyclic amines) is 1. The monoisotopic (exact) mass is 338 g/mol. The van der Waals surface area contributed by atoms with Crippen molar-refractivity contribution >= 4 is 11.6 Å². The lowest BCUT2D eigenvalue weighted by Crippen LogP contribution is -2.40. The Kier molecular flexibility index (Phi) is 4.21. The summed E-state index contributed by atoms with van der Waals surface area (Å²) in [5, 5.41) is 4.19. The third-order valence-electron chi connectivity index (χ3n) is 4.87. The second-order valence-corrected chi connectivity index (χ2v) is 6.41. The number of piperidine rings is 1. The summed E-state index contributed by atoms with van der Waals surface area (Å²) in [6, 6.07) is 3.90. The molecule has 1 aliphatic rings. The van der Waals surface area contributed by atoms with Gasteiger partial charge in [-0.1, -0.05) is 6.92 Å². The molecule has 4 heterocycles. The molecule has 1 amide bonds. The van der Waals surface area contributed by atoms with Crippen LogP contribution in [0.3, 0.4) is 0 Å². The third kappa shape index (κ3) is 3.01. The molecule has 3 aromatic rings. The van der Waals surface area contributed by atoms with Crippen LogP contribution >= 0.6 is 0 Å². The van der Waals surface area contributed by atoms with Crippen molar-refractivity contribution in [2.75, 3.05) is 6.54 Å². The van der Waals surface area contributed by atoms with E-state index in [1.54, 1.807) is 16.9 Å². The SMILES string of the molecule is CCc1nccn1CC(=O)N1CCCC[C@@H]1c1ccn2nccc2n1. The van der Waals surface area contributed by atoms with Crippen LogP contribution < -0.4 is 0 Å². The molecule has 0 bridgehead atoms. The summed E-state index contributed by atoms with van der Waals surface area (Å²) in [6.07, 6.45) is 11.2. The lowest BCUT2D eigenvalue weighted by atomic mass is 9.99. The van der Waals surface area contributed by atoms with Crippen molar-refractivity contribution in [1.82, 2.24) is 29.0 Å². The van der Waals surface area contributed by atoms with Crippen LogP contribution in [0.1, 0.15) is 43.7 Å². The molecular formula is C18H22N6O. The van der Waals surface area contributed by atoms with Crippen LogP contribution in [0.5, 0.6) is 0 Å². The van der Waals surface area contributed by atoms with Gasteiger partial charge in [0.2, 0.25) is 5.91 Å². The zero-order valence-corrected chi connectivity index (χ0v) is 14.4. The molecule has 7 nitrogen and oxygen atoms in total. The Labute approximate surface area is 146 Å². The highest BCUT2D eigenvalue weighted by molar-refractivity contribution is 5.76. The number of aromatic nitrogens is 5. The summed E-state index contributed by atoms with van der Waals surface area (Å²) in [5.41, 5.74) is 1.76. The van der Waals surface area contributed by atoms with E-state index in [4.69, 9.17) is 4.98 Å². The molecule has 0 saturated carbocycles. The summed E-state index contributed by atoms with van der Waals surface area (Å²) >= 11 is 0. The molecule has 0 N–H and O–H groups in total. The van der Waals surface area contributed by atoms with Crippen LogP contribution in [0.25, 0.3) is 5.65 Å². The summed E-state index contributed by atoms with van der Waals surface area (Å²) in [4.78, 5) is 24.0. The minimum absolute atomic E-state index is 0.0368. The highest BCUT2D eigenvalue weighted by Crippen LogP contribution is 2.30. The molecule has 1 atom stereocenters. The van der Waals surface area contributed by atoms with E-state index >= 15 is 0 Å². The summed E-state index contributed by atoms with van der Waals surface area (Å²) in [7, 11) is 0. The predicted octanol–water partition coefficient (Wildman–Crippen LogP) is 2.24. The molecule has 3 aromatic heterocycles. The highest BCUT2D eigenvalue weighted by atomic mass is 16.2. The van der Waals surface area contributed by atoms with Gasteiger partial charge in [0.15, 0.2) is 5.65 Å². The van der Waals surface area contributed by atoms with E-state index in [0.717, 1.165) is 49.4 Å². The molecule has 0 aliphatic carbocycles. The molecule has 4 rings (SSSR count). The van der Waals surface area contributed by atoms with Gasteiger partial charge in [-0.3, -0.25) is 4.79 Å². The first-order valence-corrected chi connectivity index (χ1v) is 8.86. The van der Waals surface area contributed by atoms with Crippen LogP contribution in [0.2, 0.25) is 0 Å². The fourth-order valence-corrected chi connectivity index (χ4v) is 3.59. The first-order valence-electron chi connectivity index (χ1n) is 8.86. The quantitative estimate of drug-likeness (QED) is 0.732. The Morgan fingerprint density at radius 1 is 1.24 bits per heavy atom. The maximum absolute atomic E-state index is 13.0. The van der Waals surface area contributed by atoms with Gasteiger partial charge in [0.05, 0.1) is 17.9 Å². The maximum Gasteiger partial charge on any atom is 0.243 e. The Morgan fingerprint density at radius 2 is 2.16 bits per heavy atom. The Hall–Kier alpha value is -2.70. The molecule has 1 saturated heterocycles. The van der Waals surface area contributed by atoms with E-state index in [0.29, 0.717) is 6.54 Å². The molecule has 7 heteroatoms. The predicted molar refractivity (Wildman–Crippen MR) is 92.9 cm³/mol. The van der Waals surface area contributed by atoms with Gasteiger partial charge in [-0.2, -0.15) is 5.10 Å². The average Bonchev–Trinajstić information content (AvgIpc) is 3.29. The largest absolute Gasteiger partial charge is 0.333 e. The van der Waals surface area contributed by atoms with Gasteiger partial charge in [0.25, 0.3) is 0 Å². The number of carbonyl (C=O) groups is 1. The van der Waals surface area contributed by atoms with Gasteiger partial charge >= 0.3 is 0 Å². The fraction of sp³-hybridized carbons (Fsp3) is 0.444. The lowest BCUT2D eigenvalue weighted by molar-refractivity contribution is -0.135. The van der Waals surface area contributed by atoms with Gasteiger partial charge < -0.3 is 9.47 Å². The number of imidazole rings is 1. The van der Waals surface area contributed by atoms with E-state index in [2.05, 4.69) is 17.0 Å². The van der Waals surface area contributed by atoms with Gasteiger partial charge in [-0.15, -0.1) is 0 Å². The zero-order valence-electron chi connectivity index (χ0n) is 14.4. The summed E-state index contributed by atoms with van der Waals surface area (Å²) in [5.74, 6) is 1.08. The van der Waals surface area contributed by atoms with Crippen LogP contribution in [-0.4, -0.2) is 41.5 Å². The third-order valence-corrected chi connectivity index (χ3v) is 4.87. The van der Waals surface area contributed by atoms with Crippen molar-refractivity contribution in [1.29, 1.82) is 0 Å². The normalized spacial score (nSPS) is 18.0. The first kappa shape index (κ1) is 15.8. The van der Waals surface area contributed by atoms with Crippen LogP contribution in [0.15, 0.2) is 36.9 Å². The van der Waals surface area contributed by atoms with Gasteiger partial charge in [0, 0.05) is 37.6 Å². The number of carbonyl (C=O) groups excluding carboxylic acids is 1. The molecule has 0 spiro atoms. The van der Waals surface area contributed by atoms with Gasteiger partial charge in [-0.25, -0.2) is 14.5 Å². The number of hydrogen-bond acceptors (Lipinski definition) is 4. The van der Waals surface area contributed by atoms with Crippen molar-refractivity contribution in [3.63, 3.8) is 0 Å². The molecule has 1 aliphatic heterocycles. The molecule has 1 fully saturated rings. The van der Waals surface area contributed by atoms with E-state index in [-0.39, 0.29) is 11.9 Å². The van der Waals surface area contributed by atoms with Crippen molar-refractivity contribution in [2.24, 2.45) is 0 Å². The molecule has 0 aromatic carbocycles. The standard InChI is InChI=1S/C18H22N6O/c1-2-16-19-9-12-22(16)13-18(25)23-10-4-3-5-15(23)14-7-11-24-17(21-14)6-8-20-24/h6-9,11-12,15H,2-5,10,13H2,1H3/t15-/m1/s1. The van der Waals surface area contributed by atoms with Crippen LogP contribution in [0.4, 0.5) is 0 Å². The van der Waals surface area contributed by atoms with Gasteiger partial charge in [-0.05, 0) is 25.3 Å². The molecule has 0 unspecified atom stereocenters. The van der Waals surface area contributed by atoms with Crippen molar-refractivity contribution in [3.05, 3.63) is 48.4 Å². The topological polar surface area (TPSA) is 68.3 Å². The second-order valence-electron chi connectivity index (χ2n) is 6.41. The Bertz CT molecular complexity index is 882. The summed E-state index contributed by atoms with van der Waals surface area (Å²) < 4.78 is 3.69. The number of hydrogen-bond donors (Lipinski definition) is 0. The number of amides is 1. The van der Waals surface area contributed by atoms with Crippen molar-refractivity contribution in [3.8, 4) is 0 Å². The minimum atomic E-state index is 0.0368. The van der Waals surface area contributed by atoms with E-state index < -0.39 is 0 Å². The van der Waals surface area contributed by atoms with Crippen LogP contribution in [-0.2, 0) is 17.8 Å². The van der Waals surface area contributed by atoms with E-state index in [1.165, 1.54) is 0 Å². The summed E-state index contributed by atoms with van der Waals surface area (Å²) in [6.45, 7) is 3.18. The first-order chi connectivity index (χ1) is 12.3. The average molecular weight is 338 g/mol. The smallest absolute Gasteiger partial charge is 0.243 e. The number of fused-ring (bicyclic) bond motifs is 1. The molecule has 0 radical (unpaired) electrons. The fourth-order valence-electron chi connectivity index (χ4n) is 3.59. The lowest BCUT2D eigenvalue weighted by Gasteiger charge is -2.35. The van der Waals surface area contributed by atoms with Crippen molar-refractivity contribution in [2.45, 2.75) is 45.2 Å². The van der Waals surface area contributed by atoms with E-state index in [9.17, 15) is 4.79 Å². The molecular weight excluding hydrogens is 316 g/mol. The highest BCUT2D eigenvalue weighted by Gasteiger charge is 2.29. The molecule has 25 heavy (non-hydrogen) atoms. The second kappa shape index (κ2) is 6.66. The minimum Gasteiger partial charge on any atom is -0.333 e. The van der Waals surface area contributed by atoms with Crippen molar-refractivity contribution < 1.29 is 4.79 Å². The number of nitrogens with zero attached hydrogens (tertiary/aromatic N) is 6. The Balaban J connectivity index is 1.58.